The lowest BCUT2D eigenvalue weighted by atomic mass is 9.83. The summed E-state index contributed by atoms with van der Waals surface area (Å²) >= 11 is 0. The summed E-state index contributed by atoms with van der Waals surface area (Å²) in [6.45, 7) is 4.34. The lowest BCUT2D eigenvalue weighted by Gasteiger charge is -2.46. The molecule has 0 aliphatic carbocycles. The second-order valence-electron chi connectivity index (χ2n) is 18.2. The summed E-state index contributed by atoms with van der Waals surface area (Å²) in [7, 11) is 17.6. The van der Waals surface area contributed by atoms with Crippen LogP contribution in [0.4, 0.5) is 0 Å². The predicted molar refractivity (Wildman–Crippen MR) is 255 cm³/mol. The van der Waals surface area contributed by atoms with Crippen molar-refractivity contribution in [2.75, 3.05) is 110 Å². The van der Waals surface area contributed by atoms with E-state index in [2.05, 4.69) is 50.5 Å². The molecule has 4 aromatic carbocycles. The Labute approximate surface area is 397 Å². The molecule has 2 aliphatic heterocycles. The Bertz CT molecular complexity index is 2320. The molecule has 2 aliphatic rings. The number of hydrogen-bond acceptors (Lipinski definition) is 12. The van der Waals surface area contributed by atoms with Crippen LogP contribution in [0.15, 0.2) is 60.7 Å². The van der Waals surface area contributed by atoms with Crippen molar-refractivity contribution in [2.45, 2.75) is 69.9 Å². The van der Waals surface area contributed by atoms with Crippen LogP contribution in [0.5, 0.6) is 46.0 Å². The normalized spacial score (nSPS) is 19.6. The van der Waals surface area contributed by atoms with Crippen LogP contribution >= 0.6 is 0 Å². The van der Waals surface area contributed by atoms with Crippen LogP contribution in [-0.4, -0.2) is 131 Å². The van der Waals surface area contributed by atoms with E-state index in [0.29, 0.717) is 107 Å². The van der Waals surface area contributed by atoms with E-state index >= 15 is 0 Å². The van der Waals surface area contributed by atoms with Crippen molar-refractivity contribution in [1.82, 2.24) is 0 Å². The molecule has 0 amide bonds. The smallest absolute Gasteiger partial charge is 0.311 e. The summed E-state index contributed by atoms with van der Waals surface area (Å²) in [4.78, 5) is 26.3. The van der Waals surface area contributed by atoms with Crippen LogP contribution in [0, 0.1) is 0 Å². The van der Waals surface area contributed by atoms with Crippen molar-refractivity contribution in [3.05, 3.63) is 94.0 Å². The van der Waals surface area contributed by atoms with Crippen molar-refractivity contribution >= 4 is 11.9 Å². The molecule has 67 heavy (non-hydrogen) atoms. The molecule has 0 bridgehead atoms. The van der Waals surface area contributed by atoms with Gasteiger partial charge in [-0.25, -0.2) is 0 Å². The molecule has 4 aromatic rings. The van der Waals surface area contributed by atoms with Crippen molar-refractivity contribution in [3.63, 3.8) is 0 Å². The largest absolute Gasteiger partial charge is 0.493 e. The molecule has 0 fully saturated rings. The van der Waals surface area contributed by atoms with Crippen LogP contribution in [0.3, 0.4) is 0 Å². The Morgan fingerprint density at radius 2 is 0.985 bits per heavy atom. The zero-order chi connectivity index (χ0) is 48.1. The van der Waals surface area contributed by atoms with Gasteiger partial charge in [-0.05, 0) is 96.5 Å². The molecule has 2 heterocycles. The van der Waals surface area contributed by atoms with Crippen LogP contribution in [0.2, 0.25) is 0 Å². The van der Waals surface area contributed by atoms with Gasteiger partial charge in [0.15, 0.2) is 46.0 Å². The zero-order valence-electron chi connectivity index (χ0n) is 41.3. The first kappa shape index (κ1) is 50.6. The minimum Gasteiger partial charge on any atom is -0.493 e. The van der Waals surface area contributed by atoms with E-state index < -0.39 is 0 Å². The van der Waals surface area contributed by atoms with E-state index in [-0.39, 0.29) is 23.9 Å². The third-order valence-electron chi connectivity index (χ3n) is 13.8. The SMILES string of the molecule is COc1ccc(C[C@@H]2C[N@+](C)(CCC(=O)OCCCCCOC(=O)CC[N@@+]3(C)CCc4cc(OC)c(OC)cc4[C@@H]3Cc3ccc(OC)c(OC)c3)Cc3cc(OC)c(OC)cc32)cc1OC. The van der Waals surface area contributed by atoms with Crippen molar-refractivity contribution in [3.8, 4) is 46.0 Å². The highest BCUT2D eigenvalue weighted by Gasteiger charge is 2.41. The average Bonchev–Trinajstić information content (AvgIpc) is 3.34. The first-order valence-electron chi connectivity index (χ1n) is 23.2. The maximum atomic E-state index is 13.2. The van der Waals surface area contributed by atoms with E-state index in [1.807, 2.05) is 24.3 Å². The molecule has 0 saturated carbocycles. The third-order valence-corrected chi connectivity index (χ3v) is 13.8. The monoisotopic (exact) mass is 929 g/mol. The van der Waals surface area contributed by atoms with Gasteiger partial charge in [0.2, 0.25) is 0 Å². The molecular formula is C53H72N2O12+2. The summed E-state index contributed by atoms with van der Waals surface area (Å²) < 4.78 is 57.8. The van der Waals surface area contributed by atoms with Gasteiger partial charge >= 0.3 is 11.9 Å². The fourth-order valence-corrected chi connectivity index (χ4v) is 9.96. The quantitative estimate of drug-likeness (QED) is 0.0383. The summed E-state index contributed by atoms with van der Waals surface area (Å²) in [5, 5.41) is 0. The van der Waals surface area contributed by atoms with Gasteiger partial charge in [0.05, 0.1) is 123 Å². The highest BCUT2D eigenvalue weighted by atomic mass is 16.5. The van der Waals surface area contributed by atoms with E-state index in [1.54, 1.807) is 56.9 Å². The summed E-state index contributed by atoms with van der Waals surface area (Å²) in [6.07, 6.45) is 5.10. The molecular weight excluding hydrogens is 857 g/mol. The van der Waals surface area contributed by atoms with Gasteiger partial charge in [-0.3, -0.25) is 9.59 Å². The summed E-state index contributed by atoms with van der Waals surface area (Å²) in [5.41, 5.74) is 7.03. The lowest BCUT2D eigenvalue weighted by Crippen LogP contribution is -2.53. The van der Waals surface area contributed by atoms with Crippen LogP contribution in [-0.2, 0) is 44.9 Å². The topological polar surface area (TPSA) is 126 Å². The molecule has 6 rings (SSSR count). The third kappa shape index (κ3) is 12.4. The molecule has 14 nitrogen and oxygen atoms in total. The Hall–Kier alpha value is -5.86. The highest BCUT2D eigenvalue weighted by Crippen LogP contribution is 2.44. The van der Waals surface area contributed by atoms with Crippen LogP contribution in [0.1, 0.15) is 77.4 Å². The van der Waals surface area contributed by atoms with Crippen molar-refractivity contribution < 1.29 is 65.9 Å². The maximum absolute atomic E-state index is 13.2. The van der Waals surface area contributed by atoms with Gasteiger partial charge < -0.3 is 56.3 Å². The van der Waals surface area contributed by atoms with E-state index in [0.717, 1.165) is 56.4 Å². The number of likely N-dealkylation sites (N-methyl/N-ethyl adjacent to an activating group) is 2. The maximum Gasteiger partial charge on any atom is 0.311 e. The molecule has 0 radical (unpaired) electrons. The molecule has 4 atom stereocenters. The summed E-state index contributed by atoms with van der Waals surface area (Å²) in [6, 6.07) is 20.5. The number of ether oxygens (including phenoxy) is 10. The van der Waals surface area contributed by atoms with Crippen LogP contribution in [0.25, 0.3) is 0 Å². The van der Waals surface area contributed by atoms with Gasteiger partial charge in [0.25, 0.3) is 0 Å². The number of benzene rings is 4. The van der Waals surface area contributed by atoms with E-state index in [4.69, 9.17) is 47.4 Å². The lowest BCUT2D eigenvalue weighted by molar-refractivity contribution is -0.940. The Balaban J connectivity index is 0.970. The van der Waals surface area contributed by atoms with Gasteiger partial charge in [0.1, 0.15) is 12.6 Å². The zero-order valence-corrected chi connectivity index (χ0v) is 41.3. The molecule has 0 saturated heterocycles. The second-order valence-corrected chi connectivity index (χ2v) is 18.2. The fraction of sp³-hybridized carbons (Fsp3) is 0.509. The number of quaternary nitrogens is 2. The number of unbranched alkanes of at least 4 members (excludes halogenated alkanes) is 2. The number of rotatable bonds is 24. The molecule has 0 N–H and O–H groups in total. The molecule has 364 valence electrons. The molecule has 0 unspecified atom stereocenters. The number of esters is 2. The Kier molecular flexibility index (Phi) is 17.5. The Morgan fingerprint density at radius 3 is 1.52 bits per heavy atom. The van der Waals surface area contributed by atoms with Gasteiger partial charge in [-0.1, -0.05) is 12.1 Å². The first-order chi connectivity index (χ1) is 32.3. The highest BCUT2D eigenvalue weighted by molar-refractivity contribution is 5.69. The van der Waals surface area contributed by atoms with Gasteiger partial charge in [-0.15, -0.1) is 0 Å². The number of nitrogens with zero attached hydrogens (tertiary/aromatic N) is 2. The molecule has 0 aromatic heterocycles. The Morgan fingerprint density at radius 1 is 0.522 bits per heavy atom. The molecule has 0 spiro atoms. The number of methoxy groups -OCH3 is 8. The average molecular weight is 929 g/mol. The minimum absolute atomic E-state index is 0.0409. The van der Waals surface area contributed by atoms with Crippen LogP contribution < -0.4 is 37.9 Å². The number of hydrogen-bond donors (Lipinski definition) is 0. The first-order valence-corrected chi connectivity index (χ1v) is 23.2. The van der Waals surface area contributed by atoms with Crippen molar-refractivity contribution in [2.24, 2.45) is 0 Å². The van der Waals surface area contributed by atoms with Gasteiger partial charge in [-0.2, -0.15) is 0 Å². The second kappa shape index (κ2) is 23.2. The fourth-order valence-electron chi connectivity index (χ4n) is 9.96. The predicted octanol–water partition coefficient (Wildman–Crippen LogP) is 8.07. The van der Waals surface area contributed by atoms with E-state index in [9.17, 15) is 9.59 Å². The standard InChI is InChI=1S/C53H72N2O12/c1-54(34-39(26-36-14-16-44(58-3)46(28-36)60-5)41-32-50(64-9)49(63-8)31-40(41)35-54)21-19-52(56)66-24-12-11-13-25-67-53(57)20-23-55(2)22-18-38-30-48(62-7)51(65-10)33-42(38)43(55)27-37-15-17-45(59-4)47(29-37)61-6/h14-17,28-33,39,43H,11-13,18-27,34-35H2,1-10H3/q+2/t39-,43+,54+,55-/m1/s1. The number of carbonyl (C=O) groups excluding carboxylic acids is 2. The van der Waals surface area contributed by atoms with Gasteiger partial charge in [0, 0.05) is 29.9 Å². The molecule has 14 heteroatoms. The van der Waals surface area contributed by atoms with E-state index in [1.165, 1.54) is 22.3 Å². The minimum atomic E-state index is -0.214. The van der Waals surface area contributed by atoms with Crippen molar-refractivity contribution in [1.29, 1.82) is 0 Å². The summed E-state index contributed by atoms with van der Waals surface area (Å²) in [5.74, 6) is 5.25. The number of fused-ring (bicyclic) bond motifs is 2. The number of carbonyl (C=O) groups is 2.